The number of hydrogen-bond acceptors (Lipinski definition) is 3. The predicted molar refractivity (Wildman–Crippen MR) is 56.3 cm³/mol. The van der Waals surface area contributed by atoms with Crippen LogP contribution in [0.5, 0.6) is 5.75 Å². The Morgan fingerprint density at radius 2 is 1.86 bits per heavy atom. The highest BCUT2D eigenvalue weighted by molar-refractivity contribution is 7.90. The van der Waals surface area contributed by atoms with Crippen molar-refractivity contribution in [3.8, 4) is 5.75 Å². The van der Waals surface area contributed by atoms with Gasteiger partial charge in [0.2, 0.25) is 0 Å². The van der Waals surface area contributed by atoms with Crippen molar-refractivity contribution in [3.63, 3.8) is 0 Å². The first-order chi connectivity index (χ1) is 6.58. The number of para-hydroxylation sites is 1. The van der Waals surface area contributed by atoms with Gasteiger partial charge in [-0.1, -0.05) is 18.2 Å². The standard InChI is InChI=1S/C10H14O3S/c1-14(11,12)9-5-8-13-10-6-3-2-4-7-10/h2-4,6-7H,5,8-9H2,1H3. The molecule has 0 heterocycles. The van der Waals surface area contributed by atoms with E-state index in [1.807, 2.05) is 30.3 Å². The molecule has 0 spiro atoms. The summed E-state index contributed by atoms with van der Waals surface area (Å²) < 4.78 is 26.9. The normalized spacial score (nSPS) is 11.2. The molecule has 1 rings (SSSR count). The fraction of sp³-hybridized carbons (Fsp3) is 0.400. The van der Waals surface area contributed by atoms with Gasteiger partial charge in [0.05, 0.1) is 12.4 Å². The van der Waals surface area contributed by atoms with Gasteiger partial charge in [0.1, 0.15) is 15.6 Å². The second-order valence-electron chi connectivity index (χ2n) is 3.14. The summed E-state index contributed by atoms with van der Waals surface area (Å²) in [5, 5.41) is 0. The number of benzene rings is 1. The van der Waals surface area contributed by atoms with Gasteiger partial charge < -0.3 is 4.74 Å². The molecule has 3 nitrogen and oxygen atoms in total. The zero-order chi connectivity index (χ0) is 10.4. The Labute approximate surface area is 84.6 Å². The van der Waals surface area contributed by atoms with Crippen molar-refractivity contribution in [2.75, 3.05) is 18.6 Å². The lowest BCUT2D eigenvalue weighted by atomic mass is 10.3. The molecule has 0 aliphatic heterocycles. The van der Waals surface area contributed by atoms with Crippen LogP contribution in [0.1, 0.15) is 6.42 Å². The highest BCUT2D eigenvalue weighted by Gasteiger charge is 2.01. The van der Waals surface area contributed by atoms with Gasteiger partial charge in [-0.2, -0.15) is 0 Å². The Morgan fingerprint density at radius 3 is 2.43 bits per heavy atom. The summed E-state index contributed by atoms with van der Waals surface area (Å²) in [5.74, 6) is 0.959. The van der Waals surface area contributed by atoms with Crippen LogP contribution in [0.2, 0.25) is 0 Å². The molecule has 0 bridgehead atoms. The smallest absolute Gasteiger partial charge is 0.147 e. The van der Waals surface area contributed by atoms with E-state index in [1.165, 1.54) is 6.26 Å². The Kier molecular flexibility index (Phi) is 3.95. The quantitative estimate of drug-likeness (QED) is 0.698. The van der Waals surface area contributed by atoms with E-state index < -0.39 is 9.84 Å². The van der Waals surface area contributed by atoms with Crippen LogP contribution in [0.15, 0.2) is 30.3 Å². The summed E-state index contributed by atoms with van der Waals surface area (Å²) in [6.07, 6.45) is 1.77. The third-order valence-corrected chi connectivity index (χ3v) is 2.70. The Morgan fingerprint density at radius 1 is 1.21 bits per heavy atom. The first-order valence-corrected chi connectivity index (χ1v) is 6.49. The van der Waals surface area contributed by atoms with E-state index >= 15 is 0 Å². The molecule has 0 N–H and O–H groups in total. The molecular formula is C10H14O3S. The maximum atomic E-state index is 10.8. The van der Waals surface area contributed by atoms with Crippen LogP contribution in [0.3, 0.4) is 0 Å². The molecule has 0 saturated carbocycles. The van der Waals surface area contributed by atoms with Crippen LogP contribution in [0.4, 0.5) is 0 Å². The number of sulfone groups is 1. The predicted octanol–water partition coefficient (Wildman–Crippen LogP) is 1.50. The molecule has 1 aromatic rings. The molecule has 0 aromatic heterocycles. The molecule has 14 heavy (non-hydrogen) atoms. The topological polar surface area (TPSA) is 43.4 Å². The van der Waals surface area contributed by atoms with E-state index in [9.17, 15) is 8.42 Å². The minimum atomic E-state index is -2.86. The molecule has 0 saturated heterocycles. The van der Waals surface area contributed by atoms with Crippen LogP contribution in [0, 0.1) is 0 Å². The summed E-state index contributed by atoms with van der Waals surface area (Å²) in [6.45, 7) is 0.442. The number of ether oxygens (including phenoxy) is 1. The van der Waals surface area contributed by atoms with Crippen molar-refractivity contribution < 1.29 is 13.2 Å². The first kappa shape index (κ1) is 11.0. The summed E-state index contributed by atoms with van der Waals surface area (Å²) in [7, 11) is -2.86. The lowest BCUT2D eigenvalue weighted by Gasteiger charge is -2.04. The molecule has 0 radical (unpaired) electrons. The number of hydrogen-bond donors (Lipinski definition) is 0. The SMILES string of the molecule is CS(=O)(=O)CCCOc1ccccc1. The molecule has 0 fully saturated rings. The van der Waals surface area contributed by atoms with E-state index in [1.54, 1.807) is 0 Å². The fourth-order valence-corrected chi connectivity index (χ4v) is 1.67. The lowest BCUT2D eigenvalue weighted by molar-refractivity contribution is 0.318. The van der Waals surface area contributed by atoms with Gasteiger partial charge in [0, 0.05) is 6.26 Å². The Hall–Kier alpha value is -1.03. The van der Waals surface area contributed by atoms with Gasteiger partial charge in [-0.3, -0.25) is 0 Å². The van der Waals surface area contributed by atoms with E-state index in [4.69, 9.17) is 4.74 Å². The second kappa shape index (κ2) is 5.00. The van der Waals surface area contributed by atoms with E-state index in [-0.39, 0.29) is 5.75 Å². The summed E-state index contributed by atoms with van der Waals surface area (Å²) in [4.78, 5) is 0. The van der Waals surface area contributed by atoms with Crippen LogP contribution < -0.4 is 4.74 Å². The minimum Gasteiger partial charge on any atom is -0.494 e. The average Bonchev–Trinajstić information content (AvgIpc) is 2.13. The molecule has 0 amide bonds. The van der Waals surface area contributed by atoms with Crippen molar-refractivity contribution in [3.05, 3.63) is 30.3 Å². The molecule has 78 valence electrons. The van der Waals surface area contributed by atoms with Crippen LogP contribution >= 0.6 is 0 Å². The molecule has 0 unspecified atom stereocenters. The van der Waals surface area contributed by atoms with E-state index in [0.717, 1.165) is 5.75 Å². The number of rotatable bonds is 5. The molecule has 0 aliphatic carbocycles. The van der Waals surface area contributed by atoms with Crippen LogP contribution in [-0.2, 0) is 9.84 Å². The molecule has 0 aliphatic rings. The zero-order valence-corrected chi connectivity index (χ0v) is 8.96. The highest BCUT2D eigenvalue weighted by atomic mass is 32.2. The lowest BCUT2D eigenvalue weighted by Crippen LogP contribution is -2.07. The Bertz CT molecular complexity index is 356. The van der Waals surface area contributed by atoms with Gasteiger partial charge >= 0.3 is 0 Å². The minimum absolute atomic E-state index is 0.180. The molecule has 1 aromatic carbocycles. The summed E-state index contributed by atoms with van der Waals surface area (Å²) >= 11 is 0. The van der Waals surface area contributed by atoms with Crippen molar-refractivity contribution in [1.82, 2.24) is 0 Å². The summed E-state index contributed by atoms with van der Waals surface area (Å²) in [6, 6.07) is 9.36. The van der Waals surface area contributed by atoms with Crippen molar-refractivity contribution in [2.45, 2.75) is 6.42 Å². The average molecular weight is 214 g/mol. The second-order valence-corrected chi connectivity index (χ2v) is 5.40. The van der Waals surface area contributed by atoms with Crippen molar-refractivity contribution in [1.29, 1.82) is 0 Å². The molecule has 0 atom stereocenters. The monoisotopic (exact) mass is 214 g/mol. The highest BCUT2D eigenvalue weighted by Crippen LogP contribution is 2.08. The summed E-state index contributed by atoms with van der Waals surface area (Å²) in [5.41, 5.74) is 0. The fourth-order valence-electron chi connectivity index (χ4n) is 1.03. The van der Waals surface area contributed by atoms with Gasteiger partial charge in [-0.15, -0.1) is 0 Å². The van der Waals surface area contributed by atoms with E-state index in [2.05, 4.69) is 0 Å². The third kappa shape index (κ3) is 4.87. The van der Waals surface area contributed by atoms with E-state index in [0.29, 0.717) is 13.0 Å². The third-order valence-electron chi connectivity index (χ3n) is 1.67. The van der Waals surface area contributed by atoms with Gasteiger partial charge in [-0.25, -0.2) is 8.42 Å². The van der Waals surface area contributed by atoms with Gasteiger partial charge in [-0.05, 0) is 18.6 Å². The van der Waals surface area contributed by atoms with Crippen LogP contribution in [0.25, 0.3) is 0 Å². The van der Waals surface area contributed by atoms with Crippen molar-refractivity contribution >= 4 is 9.84 Å². The van der Waals surface area contributed by atoms with Crippen molar-refractivity contribution in [2.24, 2.45) is 0 Å². The van der Waals surface area contributed by atoms with Crippen LogP contribution in [-0.4, -0.2) is 27.0 Å². The first-order valence-electron chi connectivity index (χ1n) is 4.43. The maximum Gasteiger partial charge on any atom is 0.147 e. The maximum absolute atomic E-state index is 10.8. The molecular weight excluding hydrogens is 200 g/mol. The van der Waals surface area contributed by atoms with Gasteiger partial charge in [0.15, 0.2) is 0 Å². The molecule has 4 heteroatoms. The van der Waals surface area contributed by atoms with Gasteiger partial charge in [0.25, 0.3) is 0 Å². The largest absolute Gasteiger partial charge is 0.494 e. The zero-order valence-electron chi connectivity index (χ0n) is 8.14. The Balaban J connectivity index is 2.23.